The summed E-state index contributed by atoms with van der Waals surface area (Å²) >= 11 is 3.60. The fourth-order valence-electron chi connectivity index (χ4n) is 3.41. The van der Waals surface area contributed by atoms with Crippen molar-refractivity contribution in [1.29, 1.82) is 0 Å². The summed E-state index contributed by atoms with van der Waals surface area (Å²) in [4.78, 5) is 3.68. The van der Waals surface area contributed by atoms with Gasteiger partial charge in [0.15, 0.2) is 6.54 Å². The van der Waals surface area contributed by atoms with Gasteiger partial charge in [-0.3, -0.25) is 0 Å². The van der Waals surface area contributed by atoms with Crippen LogP contribution in [0.2, 0.25) is 0 Å². The van der Waals surface area contributed by atoms with Crippen LogP contribution in [0.25, 0.3) is 16.3 Å². The van der Waals surface area contributed by atoms with Crippen molar-refractivity contribution in [2.45, 2.75) is 25.3 Å². The Bertz CT molecular complexity index is 1040. The highest BCUT2D eigenvalue weighted by Crippen LogP contribution is 2.45. The van der Waals surface area contributed by atoms with Crippen LogP contribution in [0.1, 0.15) is 18.9 Å². The number of fused-ring (bicyclic) bond motifs is 2. The molecular formula is C22H23N2OS2+. The summed E-state index contributed by atoms with van der Waals surface area (Å²) in [5, 5.41) is 11.9. The van der Waals surface area contributed by atoms with Crippen molar-refractivity contribution in [1.82, 2.24) is 0 Å². The Kier molecular flexibility index (Phi) is 5.34. The Hall–Kier alpha value is -2.08. The first-order valence-corrected chi connectivity index (χ1v) is 10.8. The largest absolute Gasteiger partial charge is 0.390 e. The van der Waals surface area contributed by atoms with Gasteiger partial charge < -0.3 is 10.0 Å². The summed E-state index contributed by atoms with van der Waals surface area (Å²) in [5.41, 5.74) is 3.68. The molecule has 1 aliphatic heterocycles. The molecule has 3 nitrogen and oxygen atoms in total. The molecule has 0 unspecified atom stereocenters. The molecule has 0 spiro atoms. The van der Waals surface area contributed by atoms with E-state index in [1.54, 1.807) is 11.3 Å². The molecule has 1 N–H and O–H groups in total. The van der Waals surface area contributed by atoms with Gasteiger partial charge in [0, 0.05) is 23.6 Å². The lowest BCUT2D eigenvalue weighted by Crippen LogP contribution is -2.36. The molecule has 1 aromatic heterocycles. The molecule has 0 fully saturated rings. The van der Waals surface area contributed by atoms with Gasteiger partial charge in [0.1, 0.15) is 11.3 Å². The van der Waals surface area contributed by atoms with Crippen molar-refractivity contribution in [3.63, 3.8) is 0 Å². The van der Waals surface area contributed by atoms with E-state index >= 15 is 0 Å². The summed E-state index contributed by atoms with van der Waals surface area (Å²) in [6.07, 6.45) is 4.49. The zero-order chi connectivity index (χ0) is 18.8. The van der Waals surface area contributed by atoms with Crippen LogP contribution in [-0.4, -0.2) is 18.3 Å². The van der Waals surface area contributed by atoms with Gasteiger partial charge in [-0.1, -0.05) is 47.4 Å². The second kappa shape index (κ2) is 7.89. The van der Waals surface area contributed by atoms with Gasteiger partial charge in [-0.25, -0.2) is 0 Å². The molecule has 0 radical (unpaired) electrons. The lowest BCUT2D eigenvalue weighted by molar-refractivity contribution is -0.670. The van der Waals surface area contributed by atoms with Crippen LogP contribution in [0.4, 0.5) is 5.69 Å². The third kappa shape index (κ3) is 3.55. The molecule has 0 bridgehead atoms. The van der Waals surface area contributed by atoms with Crippen LogP contribution in [0.5, 0.6) is 0 Å². The first kappa shape index (κ1) is 18.3. The molecule has 2 heterocycles. The van der Waals surface area contributed by atoms with Crippen LogP contribution in [0.15, 0.2) is 70.1 Å². The maximum atomic E-state index is 9.49. The molecule has 0 saturated carbocycles. The van der Waals surface area contributed by atoms with Crippen LogP contribution in [-0.2, 0) is 6.54 Å². The predicted molar refractivity (Wildman–Crippen MR) is 116 cm³/mol. The molecule has 0 amide bonds. The summed E-state index contributed by atoms with van der Waals surface area (Å²) in [5.74, 6) is 0. The number of thioether (sulfide) groups is 1. The van der Waals surface area contributed by atoms with Gasteiger partial charge in [-0.05, 0) is 43.7 Å². The first-order valence-electron chi connectivity index (χ1n) is 9.18. The highest BCUT2D eigenvalue weighted by Gasteiger charge is 2.23. The van der Waals surface area contributed by atoms with Crippen molar-refractivity contribution in [2.75, 3.05) is 18.1 Å². The Balaban J connectivity index is 1.70. The van der Waals surface area contributed by atoms with E-state index in [0.717, 1.165) is 6.54 Å². The van der Waals surface area contributed by atoms with Gasteiger partial charge in [0.2, 0.25) is 5.52 Å². The van der Waals surface area contributed by atoms with Crippen molar-refractivity contribution in [3.05, 3.63) is 70.2 Å². The van der Waals surface area contributed by atoms with E-state index in [-0.39, 0.29) is 6.61 Å². The van der Waals surface area contributed by atoms with Gasteiger partial charge in [-0.2, -0.15) is 4.57 Å². The number of anilines is 1. The van der Waals surface area contributed by atoms with Crippen molar-refractivity contribution in [2.24, 2.45) is 0 Å². The Morgan fingerprint density at radius 3 is 2.74 bits per heavy atom. The number of aromatic nitrogens is 1. The number of hydrogen-bond donors (Lipinski definition) is 1. The van der Waals surface area contributed by atoms with E-state index in [1.165, 1.54) is 36.4 Å². The summed E-state index contributed by atoms with van der Waals surface area (Å²) < 4.78 is 3.45. The van der Waals surface area contributed by atoms with E-state index in [9.17, 15) is 5.11 Å². The maximum absolute atomic E-state index is 9.49. The molecule has 5 heteroatoms. The Morgan fingerprint density at radius 2 is 1.93 bits per heavy atom. The fourth-order valence-corrected chi connectivity index (χ4v) is 5.85. The number of hydrogen-bond acceptors (Lipinski definition) is 4. The summed E-state index contributed by atoms with van der Waals surface area (Å²) in [7, 11) is 0. The maximum Gasteiger partial charge on any atom is 0.263 e. The average molecular weight is 396 g/mol. The SMILES string of the molecule is CCN1/C(=C\C(C)=C\c2sc3ccccc3[n+]2CCO)Sc2ccccc21. The zero-order valence-electron chi connectivity index (χ0n) is 15.6. The Labute approximate surface area is 168 Å². The molecule has 3 aromatic rings. The van der Waals surface area contributed by atoms with Gasteiger partial charge in [0.05, 0.1) is 10.7 Å². The molecule has 0 atom stereocenters. The first-order chi connectivity index (χ1) is 13.2. The number of allylic oxidation sites excluding steroid dienone is 2. The fraction of sp³-hybridized carbons (Fsp3) is 0.227. The highest BCUT2D eigenvalue weighted by atomic mass is 32.2. The van der Waals surface area contributed by atoms with Crippen molar-refractivity contribution in [3.8, 4) is 0 Å². The minimum Gasteiger partial charge on any atom is -0.390 e. The molecule has 0 aliphatic carbocycles. The molecule has 4 rings (SSSR count). The third-order valence-electron chi connectivity index (χ3n) is 4.62. The van der Waals surface area contributed by atoms with Crippen molar-refractivity contribution >= 4 is 45.1 Å². The summed E-state index contributed by atoms with van der Waals surface area (Å²) in [6.45, 7) is 6.05. The monoisotopic (exact) mass is 395 g/mol. The van der Waals surface area contributed by atoms with E-state index in [0.29, 0.717) is 6.54 Å². The Morgan fingerprint density at radius 1 is 1.15 bits per heavy atom. The van der Waals surface area contributed by atoms with E-state index in [4.69, 9.17) is 0 Å². The highest BCUT2D eigenvalue weighted by molar-refractivity contribution is 8.03. The average Bonchev–Trinajstić information content (AvgIpc) is 3.19. The molecular weight excluding hydrogens is 372 g/mol. The summed E-state index contributed by atoms with van der Waals surface area (Å²) in [6, 6.07) is 16.9. The quantitative estimate of drug-likeness (QED) is 0.612. The molecule has 1 aliphatic rings. The number of nitrogens with zero attached hydrogens (tertiary/aromatic N) is 2. The lowest BCUT2D eigenvalue weighted by Gasteiger charge is -2.17. The third-order valence-corrected chi connectivity index (χ3v) is 6.84. The number of aliphatic hydroxyl groups is 1. The number of benzene rings is 2. The standard InChI is InChI=1S/C22H23N2OS2/c1-3-23-17-8-4-6-10-19(17)26-21(23)14-16(2)15-22-24(12-13-25)18-9-5-7-11-20(18)27-22/h4-11,14-15,25H,3,12-13H2,1-2H3/q+1. The molecule has 0 saturated heterocycles. The minimum atomic E-state index is 0.140. The van der Waals surface area contributed by atoms with Crippen LogP contribution < -0.4 is 9.47 Å². The number of thiazole rings is 1. The van der Waals surface area contributed by atoms with E-state index in [2.05, 4.69) is 84.0 Å². The predicted octanol–water partition coefficient (Wildman–Crippen LogP) is 5.06. The smallest absolute Gasteiger partial charge is 0.263 e. The number of para-hydroxylation sites is 2. The second-order valence-corrected chi connectivity index (χ2v) is 8.59. The van der Waals surface area contributed by atoms with Gasteiger partial charge >= 0.3 is 0 Å². The topological polar surface area (TPSA) is 27.4 Å². The number of aliphatic hydroxyl groups excluding tert-OH is 1. The van der Waals surface area contributed by atoms with Gasteiger partial charge in [-0.15, -0.1) is 0 Å². The molecule has 2 aromatic carbocycles. The number of rotatable bonds is 5. The lowest BCUT2D eigenvalue weighted by atomic mass is 10.2. The van der Waals surface area contributed by atoms with Crippen molar-refractivity contribution < 1.29 is 9.67 Å². The second-order valence-electron chi connectivity index (χ2n) is 6.47. The molecule has 138 valence electrons. The van der Waals surface area contributed by atoms with E-state index in [1.807, 2.05) is 11.8 Å². The molecule has 27 heavy (non-hydrogen) atoms. The van der Waals surface area contributed by atoms with Crippen LogP contribution in [0, 0.1) is 0 Å². The van der Waals surface area contributed by atoms with Crippen LogP contribution in [0.3, 0.4) is 0 Å². The zero-order valence-corrected chi connectivity index (χ0v) is 17.2. The van der Waals surface area contributed by atoms with Crippen LogP contribution >= 0.6 is 23.1 Å². The van der Waals surface area contributed by atoms with Gasteiger partial charge in [0.25, 0.3) is 5.01 Å². The normalized spacial score (nSPS) is 15.7. The van der Waals surface area contributed by atoms with E-state index < -0.39 is 0 Å². The minimum absolute atomic E-state index is 0.140.